The van der Waals surface area contributed by atoms with E-state index in [2.05, 4.69) is 21.2 Å². The van der Waals surface area contributed by atoms with Gasteiger partial charge in [-0.05, 0) is 46.3 Å². The van der Waals surface area contributed by atoms with Gasteiger partial charge in [0.1, 0.15) is 5.02 Å². The molecule has 0 heterocycles. The van der Waals surface area contributed by atoms with E-state index in [1.807, 2.05) is 0 Å². The van der Waals surface area contributed by atoms with Crippen molar-refractivity contribution >= 4 is 56.4 Å². The van der Waals surface area contributed by atoms with Crippen LogP contribution in [0.5, 0.6) is 0 Å². The van der Waals surface area contributed by atoms with Crippen molar-refractivity contribution in [3.8, 4) is 0 Å². The molecule has 0 saturated carbocycles. The number of carbonyl (C=O) groups excluding carboxylic acids is 1. The molecule has 108 valence electrons. The molecular formula is C13H7BrCl2N2O3. The van der Waals surface area contributed by atoms with Crippen LogP contribution in [0.1, 0.15) is 10.4 Å². The number of nitro groups is 1. The summed E-state index contributed by atoms with van der Waals surface area (Å²) >= 11 is 14.8. The summed E-state index contributed by atoms with van der Waals surface area (Å²) in [4.78, 5) is 22.2. The Labute approximate surface area is 138 Å². The van der Waals surface area contributed by atoms with Crippen molar-refractivity contribution in [1.29, 1.82) is 0 Å². The summed E-state index contributed by atoms with van der Waals surface area (Å²) in [6.07, 6.45) is 0. The standard InChI is InChI=1S/C13H7BrCl2N2O3/c14-9-3-1-7(5-11(9)16)13(19)17-8-2-4-10(15)12(6-8)18(20)21/h1-6H,(H,17,19). The summed E-state index contributed by atoms with van der Waals surface area (Å²) in [5, 5.41) is 13.7. The number of hydrogen-bond donors (Lipinski definition) is 1. The van der Waals surface area contributed by atoms with Gasteiger partial charge in [-0.1, -0.05) is 23.2 Å². The summed E-state index contributed by atoms with van der Waals surface area (Å²) in [7, 11) is 0. The number of hydrogen-bond acceptors (Lipinski definition) is 3. The molecule has 0 aliphatic carbocycles. The van der Waals surface area contributed by atoms with Crippen LogP contribution in [0, 0.1) is 10.1 Å². The number of nitrogens with zero attached hydrogens (tertiary/aromatic N) is 1. The molecule has 5 nitrogen and oxygen atoms in total. The summed E-state index contributed by atoms with van der Waals surface area (Å²) in [6, 6.07) is 8.74. The first kappa shape index (κ1) is 15.8. The Hall–Kier alpha value is -1.63. The fraction of sp³-hybridized carbons (Fsp3) is 0. The Bertz CT molecular complexity index is 737. The molecule has 2 aromatic carbocycles. The summed E-state index contributed by atoms with van der Waals surface area (Å²) in [6.45, 7) is 0. The Morgan fingerprint density at radius 1 is 1.14 bits per heavy atom. The third-order valence-electron chi connectivity index (χ3n) is 2.58. The van der Waals surface area contributed by atoms with Crippen LogP contribution >= 0.6 is 39.1 Å². The van der Waals surface area contributed by atoms with Crippen molar-refractivity contribution in [3.63, 3.8) is 0 Å². The molecule has 0 radical (unpaired) electrons. The van der Waals surface area contributed by atoms with E-state index in [-0.39, 0.29) is 16.4 Å². The first-order valence-electron chi connectivity index (χ1n) is 5.59. The molecule has 0 fully saturated rings. The molecular weight excluding hydrogens is 383 g/mol. The van der Waals surface area contributed by atoms with Gasteiger partial charge in [-0.2, -0.15) is 0 Å². The second kappa shape index (κ2) is 6.43. The van der Waals surface area contributed by atoms with E-state index in [0.29, 0.717) is 15.1 Å². The normalized spacial score (nSPS) is 10.2. The first-order chi connectivity index (χ1) is 9.88. The van der Waals surface area contributed by atoms with Gasteiger partial charge in [0.05, 0.1) is 9.95 Å². The number of nitro benzene ring substituents is 1. The molecule has 0 saturated heterocycles. The highest BCUT2D eigenvalue weighted by Crippen LogP contribution is 2.28. The van der Waals surface area contributed by atoms with Crippen molar-refractivity contribution in [2.24, 2.45) is 0 Å². The van der Waals surface area contributed by atoms with Crippen molar-refractivity contribution < 1.29 is 9.72 Å². The molecule has 0 aliphatic heterocycles. The van der Waals surface area contributed by atoms with Crippen LogP contribution in [0.15, 0.2) is 40.9 Å². The van der Waals surface area contributed by atoms with Crippen molar-refractivity contribution in [2.45, 2.75) is 0 Å². The van der Waals surface area contributed by atoms with Gasteiger partial charge in [0.25, 0.3) is 11.6 Å². The lowest BCUT2D eigenvalue weighted by atomic mass is 10.2. The van der Waals surface area contributed by atoms with Crippen molar-refractivity contribution in [1.82, 2.24) is 0 Å². The lowest BCUT2D eigenvalue weighted by Gasteiger charge is -2.06. The Kier molecular flexibility index (Phi) is 4.82. The molecule has 2 aromatic rings. The topological polar surface area (TPSA) is 72.2 Å². The molecule has 0 spiro atoms. The summed E-state index contributed by atoms with van der Waals surface area (Å²) in [5.41, 5.74) is 0.333. The van der Waals surface area contributed by atoms with E-state index in [4.69, 9.17) is 23.2 Å². The smallest absolute Gasteiger partial charge is 0.289 e. The minimum atomic E-state index is -0.617. The highest BCUT2D eigenvalue weighted by atomic mass is 79.9. The zero-order chi connectivity index (χ0) is 15.6. The van der Waals surface area contributed by atoms with Gasteiger partial charge in [0.2, 0.25) is 0 Å². The van der Waals surface area contributed by atoms with E-state index < -0.39 is 10.8 Å². The van der Waals surface area contributed by atoms with Gasteiger partial charge < -0.3 is 5.32 Å². The number of benzene rings is 2. The fourth-order valence-electron chi connectivity index (χ4n) is 1.57. The molecule has 0 aliphatic rings. The second-order valence-electron chi connectivity index (χ2n) is 4.01. The lowest BCUT2D eigenvalue weighted by molar-refractivity contribution is -0.384. The largest absolute Gasteiger partial charge is 0.322 e. The van der Waals surface area contributed by atoms with E-state index in [1.165, 1.54) is 24.3 Å². The van der Waals surface area contributed by atoms with Crippen molar-refractivity contribution in [3.05, 3.63) is 66.6 Å². The third-order valence-corrected chi connectivity index (χ3v) is 4.13. The van der Waals surface area contributed by atoms with Gasteiger partial charge in [0.15, 0.2) is 0 Å². The average molecular weight is 390 g/mol. The number of amides is 1. The monoisotopic (exact) mass is 388 g/mol. The second-order valence-corrected chi connectivity index (χ2v) is 5.68. The predicted molar refractivity (Wildman–Crippen MR) is 85.2 cm³/mol. The third kappa shape index (κ3) is 3.72. The van der Waals surface area contributed by atoms with Crippen LogP contribution in [0.2, 0.25) is 10.0 Å². The van der Waals surface area contributed by atoms with E-state index in [1.54, 1.807) is 12.1 Å². The van der Waals surface area contributed by atoms with E-state index >= 15 is 0 Å². The minimum Gasteiger partial charge on any atom is -0.322 e. The molecule has 21 heavy (non-hydrogen) atoms. The Morgan fingerprint density at radius 2 is 1.86 bits per heavy atom. The number of anilines is 1. The molecule has 1 amide bonds. The maximum absolute atomic E-state index is 12.1. The molecule has 1 N–H and O–H groups in total. The molecule has 2 rings (SSSR count). The van der Waals surface area contributed by atoms with Gasteiger partial charge in [-0.3, -0.25) is 14.9 Å². The molecule has 8 heteroatoms. The average Bonchev–Trinajstić information content (AvgIpc) is 2.43. The highest BCUT2D eigenvalue weighted by Gasteiger charge is 2.15. The molecule has 0 aromatic heterocycles. The highest BCUT2D eigenvalue weighted by molar-refractivity contribution is 9.10. The number of halogens is 3. The quantitative estimate of drug-likeness (QED) is 0.598. The maximum atomic E-state index is 12.1. The summed E-state index contributed by atoms with van der Waals surface area (Å²) in [5.74, 6) is -0.430. The predicted octanol–water partition coefficient (Wildman–Crippen LogP) is 4.92. The zero-order valence-corrected chi connectivity index (χ0v) is 13.4. The summed E-state index contributed by atoms with van der Waals surface area (Å²) < 4.78 is 0.669. The van der Waals surface area contributed by atoms with Crippen LogP contribution in [0.4, 0.5) is 11.4 Å². The van der Waals surface area contributed by atoms with Crippen LogP contribution in [0.3, 0.4) is 0 Å². The van der Waals surface area contributed by atoms with Gasteiger partial charge in [-0.25, -0.2) is 0 Å². The molecule has 0 atom stereocenters. The lowest BCUT2D eigenvalue weighted by Crippen LogP contribution is -2.12. The number of carbonyl (C=O) groups is 1. The van der Waals surface area contributed by atoms with Crippen LogP contribution in [-0.2, 0) is 0 Å². The van der Waals surface area contributed by atoms with Gasteiger partial charge in [0, 0.05) is 21.8 Å². The fourth-order valence-corrected chi connectivity index (χ4v) is 2.18. The Balaban J connectivity index is 2.25. The number of nitrogens with one attached hydrogen (secondary N) is 1. The maximum Gasteiger partial charge on any atom is 0.289 e. The SMILES string of the molecule is O=C(Nc1ccc(Cl)c([N+](=O)[O-])c1)c1ccc(Br)c(Cl)c1. The Morgan fingerprint density at radius 3 is 2.48 bits per heavy atom. The van der Waals surface area contributed by atoms with Crippen molar-refractivity contribution in [2.75, 3.05) is 5.32 Å². The van der Waals surface area contributed by atoms with Crippen LogP contribution in [0.25, 0.3) is 0 Å². The first-order valence-corrected chi connectivity index (χ1v) is 7.13. The minimum absolute atomic E-state index is 0.00434. The zero-order valence-electron chi connectivity index (χ0n) is 10.3. The number of rotatable bonds is 3. The van der Waals surface area contributed by atoms with E-state index in [0.717, 1.165) is 0 Å². The van der Waals surface area contributed by atoms with Gasteiger partial charge in [-0.15, -0.1) is 0 Å². The van der Waals surface area contributed by atoms with E-state index in [9.17, 15) is 14.9 Å². The van der Waals surface area contributed by atoms with Crippen LogP contribution < -0.4 is 5.32 Å². The van der Waals surface area contributed by atoms with Crippen LogP contribution in [-0.4, -0.2) is 10.8 Å². The molecule has 0 bridgehead atoms. The molecule has 0 unspecified atom stereocenters. The van der Waals surface area contributed by atoms with Gasteiger partial charge >= 0.3 is 0 Å².